The topological polar surface area (TPSA) is 96.7 Å². The fourth-order valence-corrected chi connectivity index (χ4v) is 1.79. The quantitative estimate of drug-likeness (QED) is 0.926. The van der Waals surface area contributed by atoms with Crippen LogP contribution >= 0.6 is 11.6 Å². The smallest absolute Gasteiger partial charge is 0.317 e. The van der Waals surface area contributed by atoms with E-state index in [9.17, 15) is 13.2 Å². The molecule has 0 saturated heterocycles. The van der Waals surface area contributed by atoms with Gasteiger partial charge in [-0.2, -0.15) is 8.42 Å². The third kappa shape index (κ3) is 6.96. The standard InChI is InChI=1S/C7H7Cl.C7H6N2O4S/c1-6-4-2-3-5-7(6)8;10-7(11)4-5-2-1-3-6(8-5)9-14(12)13/h2-5H,1H3;1-3H,4H2,(H,10,11). The van der Waals surface area contributed by atoms with Gasteiger partial charge in [0.15, 0.2) is 5.82 Å². The molecule has 0 atom stereocenters. The van der Waals surface area contributed by atoms with E-state index in [1.165, 1.54) is 18.2 Å². The van der Waals surface area contributed by atoms with E-state index in [1.54, 1.807) is 0 Å². The van der Waals surface area contributed by atoms with Crippen LogP contribution in [-0.2, 0) is 21.7 Å². The Hall–Kier alpha value is -2.25. The highest BCUT2D eigenvalue weighted by Gasteiger charge is 2.02. The second-order valence-electron chi connectivity index (χ2n) is 4.12. The molecule has 1 aromatic heterocycles. The van der Waals surface area contributed by atoms with Gasteiger partial charge in [0, 0.05) is 5.02 Å². The Kier molecular flexibility index (Phi) is 7.21. The zero-order valence-electron chi connectivity index (χ0n) is 11.6. The van der Waals surface area contributed by atoms with Gasteiger partial charge in [-0.1, -0.05) is 35.9 Å². The van der Waals surface area contributed by atoms with Crippen LogP contribution in [-0.4, -0.2) is 24.5 Å². The Balaban J connectivity index is 0.000000255. The predicted molar refractivity (Wildman–Crippen MR) is 82.8 cm³/mol. The van der Waals surface area contributed by atoms with Crippen molar-refractivity contribution in [2.24, 2.45) is 4.36 Å². The normalized spacial score (nSPS) is 9.36. The van der Waals surface area contributed by atoms with Crippen molar-refractivity contribution in [1.29, 1.82) is 0 Å². The van der Waals surface area contributed by atoms with E-state index in [1.807, 2.05) is 31.2 Å². The van der Waals surface area contributed by atoms with Crippen LogP contribution in [0.3, 0.4) is 0 Å². The number of hydrogen-bond acceptors (Lipinski definition) is 5. The predicted octanol–water partition coefficient (Wildman–Crippen LogP) is 3.05. The Bertz CT molecular complexity index is 762. The largest absolute Gasteiger partial charge is 0.481 e. The lowest BCUT2D eigenvalue weighted by atomic mass is 10.2. The van der Waals surface area contributed by atoms with Crippen LogP contribution in [0.5, 0.6) is 0 Å². The molecule has 6 nitrogen and oxygen atoms in total. The van der Waals surface area contributed by atoms with E-state index in [0.29, 0.717) is 0 Å². The molecule has 0 fully saturated rings. The van der Waals surface area contributed by atoms with E-state index >= 15 is 0 Å². The van der Waals surface area contributed by atoms with Crippen LogP contribution < -0.4 is 0 Å². The Morgan fingerprint density at radius 1 is 1.23 bits per heavy atom. The van der Waals surface area contributed by atoms with Gasteiger partial charge < -0.3 is 5.11 Å². The molecule has 1 aromatic carbocycles. The minimum atomic E-state index is -2.57. The number of hydrogen-bond donors (Lipinski definition) is 1. The molecule has 8 heteroatoms. The van der Waals surface area contributed by atoms with Gasteiger partial charge in [-0.25, -0.2) is 4.98 Å². The first kappa shape index (κ1) is 17.8. The van der Waals surface area contributed by atoms with Gasteiger partial charge in [0.1, 0.15) is 0 Å². The zero-order valence-corrected chi connectivity index (χ0v) is 13.2. The summed E-state index contributed by atoms with van der Waals surface area (Å²) in [5, 5.41) is 9.29. The number of rotatable bonds is 3. The molecule has 0 aliphatic heterocycles. The van der Waals surface area contributed by atoms with Crippen molar-refractivity contribution in [1.82, 2.24) is 4.98 Å². The number of carboxylic acid groups (broad SMARTS) is 1. The maximum absolute atomic E-state index is 10.3. The second-order valence-corrected chi connectivity index (χ2v) is 5.14. The fraction of sp³-hybridized carbons (Fsp3) is 0.143. The van der Waals surface area contributed by atoms with Crippen LogP contribution in [0.15, 0.2) is 46.8 Å². The summed E-state index contributed by atoms with van der Waals surface area (Å²) in [6.45, 7) is 1.99. The summed E-state index contributed by atoms with van der Waals surface area (Å²) in [4.78, 5) is 14.0. The average Bonchev–Trinajstić information content (AvgIpc) is 2.42. The van der Waals surface area contributed by atoms with Crippen molar-refractivity contribution in [3.05, 3.63) is 58.7 Å². The summed E-state index contributed by atoms with van der Waals surface area (Å²) in [5.41, 5.74) is 1.40. The van der Waals surface area contributed by atoms with Gasteiger partial charge in [0.2, 0.25) is 0 Å². The highest BCUT2D eigenvalue weighted by Crippen LogP contribution is 2.12. The number of carboxylic acids is 1. The van der Waals surface area contributed by atoms with Crippen LogP contribution in [0.4, 0.5) is 5.82 Å². The molecule has 116 valence electrons. The van der Waals surface area contributed by atoms with Crippen LogP contribution in [0.25, 0.3) is 0 Å². The maximum Gasteiger partial charge on any atom is 0.317 e. The van der Waals surface area contributed by atoms with Crippen molar-refractivity contribution in [2.75, 3.05) is 0 Å². The lowest BCUT2D eigenvalue weighted by Gasteiger charge is -1.95. The molecule has 0 aliphatic carbocycles. The summed E-state index contributed by atoms with van der Waals surface area (Å²) in [6, 6.07) is 12.1. The molecule has 0 spiro atoms. The molecule has 0 aliphatic rings. The SMILES string of the molecule is Cc1ccccc1Cl.O=C(O)Cc1cccc(N=S(=O)=O)n1. The molecule has 0 unspecified atom stereocenters. The molecule has 0 bridgehead atoms. The van der Waals surface area contributed by atoms with E-state index in [-0.39, 0.29) is 17.9 Å². The van der Waals surface area contributed by atoms with Crippen LogP contribution in [0, 0.1) is 6.92 Å². The molecule has 2 rings (SSSR count). The van der Waals surface area contributed by atoms with E-state index in [0.717, 1.165) is 10.6 Å². The number of aromatic nitrogens is 1. The fourth-order valence-electron chi connectivity index (χ4n) is 1.40. The Labute approximate surface area is 134 Å². The van der Waals surface area contributed by atoms with Crippen LogP contribution in [0.1, 0.15) is 11.3 Å². The van der Waals surface area contributed by atoms with Crippen molar-refractivity contribution < 1.29 is 18.3 Å². The minimum absolute atomic E-state index is 0.0166. The number of pyridine rings is 1. The van der Waals surface area contributed by atoms with Gasteiger partial charge in [-0.15, -0.1) is 4.36 Å². The van der Waals surface area contributed by atoms with Crippen molar-refractivity contribution in [3.8, 4) is 0 Å². The maximum atomic E-state index is 10.3. The van der Waals surface area contributed by atoms with Gasteiger partial charge in [-0.05, 0) is 30.7 Å². The number of nitrogens with zero attached hydrogens (tertiary/aromatic N) is 2. The number of benzene rings is 1. The number of halogens is 1. The second kappa shape index (κ2) is 8.91. The molecular weight excluding hydrogens is 328 g/mol. The minimum Gasteiger partial charge on any atom is -0.481 e. The molecule has 0 saturated carbocycles. The number of carbonyl (C=O) groups is 1. The highest BCUT2D eigenvalue weighted by atomic mass is 35.5. The number of aliphatic carboxylic acids is 1. The summed E-state index contributed by atoms with van der Waals surface area (Å²) >= 11 is 5.71. The third-order valence-electron chi connectivity index (χ3n) is 2.37. The number of aryl methyl sites for hydroxylation is 1. The first-order valence-corrected chi connectivity index (χ1v) is 7.49. The first-order chi connectivity index (χ1) is 10.4. The monoisotopic (exact) mass is 340 g/mol. The van der Waals surface area contributed by atoms with Gasteiger partial charge in [0.05, 0.1) is 12.1 Å². The lowest BCUT2D eigenvalue weighted by molar-refractivity contribution is -0.136. The van der Waals surface area contributed by atoms with E-state index < -0.39 is 16.5 Å². The molecule has 1 heterocycles. The van der Waals surface area contributed by atoms with Crippen molar-refractivity contribution >= 4 is 33.9 Å². The van der Waals surface area contributed by atoms with Crippen molar-refractivity contribution in [2.45, 2.75) is 13.3 Å². The van der Waals surface area contributed by atoms with Gasteiger partial charge >= 0.3 is 16.5 Å². The first-order valence-electron chi connectivity index (χ1n) is 6.08. The summed E-state index contributed by atoms with van der Waals surface area (Å²) in [7, 11) is -2.57. The van der Waals surface area contributed by atoms with E-state index in [2.05, 4.69) is 9.35 Å². The summed E-state index contributed by atoms with van der Waals surface area (Å²) < 4.78 is 23.5. The van der Waals surface area contributed by atoms with E-state index in [4.69, 9.17) is 16.7 Å². The van der Waals surface area contributed by atoms with Crippen molar-refractivity contribution in [3.63, 3.8) is 0 Å². The molecule has 0 amide bonds. The zero-order chi connectivity index (χ0) is 16.5. The molecule has 2 aromatic rings. The van der Waals surface area contributed by atoms with Gasteiger partial charge in [-0.3, -0.25) is 4.79 Å². The lowest BCUT2D eigenvalue weighted by Crippen LogP contribution is -2.01. The molecular formula is C14H13ClN2O4S. The Morgan fingerprint density at radius 2 is 1.91 bits per heavy atom. The highest BCUT2D eigenvalue weighted by molar-refractivity contribution is 7.61. The third-order valence-corrected chi connectivity index (χ3v) is 3.13. The summed E-state index contributed by atoms with van der Waals surface area (Å²) in [5.74, 6) is -1.05. The summed E-state index contributed by atoms with van der Waals surface area (Å²) in [6.07, 6.45) is -0.255. The molecule has 22 heavy (non-hydrogen) atoms. The van der Waals surface area contributed by atoms with Crippen LogP contribution in [0.2, 0.25) is 5.02 Å². The van der Waals surface area contributed by atoms with Gasteiger partial charge in [0.25, 0.3) is 0 Å². The molecule has 0 radical (unpaired) electrons. The Morgan fingerprint density at radius 3 is 2.41 bits per heavy atom. The average molecular weight is 341 g/mol. The molecule has 1 N–H and O–H groups in total.